The van der Waals surface area contributed by atoms with Crippen LogP contribution in [0.25, 0.3) is 0 Å². The molecule has 19 heavy (non-hydrogen) atoms. The molecule has 2 rings (SSSR count). The average Bonchev–Trinajstić information content (AvgIpc) is 2.38. The van der Waals surface area contributed by atoms with Crippen LogP contribution in [-0.2, 0) is 0 Å². The molecule has 1 unspecified atom stereocenters. The highest BCUT2D eigenvalue weighted by Gasteiger charge is 2.21. The Balaban J connectivity index is 2.30. The molecule has 4 heteroatoms. The molecule has 0 aliphatic heterocycles. The van der Waals surface area contributed by atoms with E-state index in [1.165, 1.54) is 24.3 Å². The van der Waals surface area contributed by atoms with Gasteiger partial charge in [0.1, 0.15) is 11.2 Å². The number of aryl methyl sites for hydroxylation is 1. The first-order chi connectivity index (χ1) is 8.99. The molecule has 0 radical (unpaired) electrons. The quantitative estimate of drug-likeness (QED) is 0.578. The lowest BCUT2D eigenvalue weighted by Gasteiger charge is -2.10. The lowest BCUT2D eigenvalue weighted by atomic mass is 10.0. The predicted molar refractivity (Wildman–Crippen MR) is 75.5 cm³/mol. The van der Waals surface area contributed by atoms with Crippen LogP contribution >= 0.6 is 23.2 Å². The molecule has 0 bridgehead atoms. The van der Waals surface area contributed by atoms with Crippen molar-refractivity contribution in [2.45, 2.75) is 12.3 Å². The second-order valence-corrected chi connectivity index (χ2v) is 5.11. The number of ketones is 1. The number of carbonyl (C=O) groups excluding carboxylic acids is 1. The van der Waals surface area contributed by atoms with Crippen molar-refractivity contribution in [1.82, 2.24) is 0 Å². The molecule has 0 aliphatic rings. The molecule has 2 aromatic carbocycles. The number of hydrogen-bond donors (Lipinski definition) is 0. The van der Waals surface area contributed by atoms with E-state index in [1.54, 1.807) is 18.2 Å². The molecular formula is C15H11Cl2FO. The van der Waals surface area contributed by atoms with Crippen LogP contribution in [0.15, 0.2) is 42.5 Å². The van der Waals surface area contributed by atoms with Crippen LogP contribution in [0.5, 0.6) is 0 Å². The number of Topliss-reactive ketones (excluding diaryl/α,β-unsaturated/α-hetero) is 1. The van der Waals surface area contributed by atoms with Crippen LogP contribution in [0.1, 0.15) is 26.9 Å². The summed E-state index contributed by atoms with van der Waals surface area (Å²) in [5.74, 6) is -0.660. The van der Waals surface area contributed by atoms with Crippen molar-refractivity contribution in [1.29, 1.82) is 0 Å². The summed E-state index contributed by atoms with van der Waals surface area (Å²) in [7, 11) is 0. The van der Waals surface area contributed by atoms with Crippen LogP contribution in [0.2, 0.25) is 5.02 Å². The van der Waals surface area contributed by atoms with Crippen molar-refractivity contribution < 1.29 is 9.18 Å². The maximum atomic E-state index is 12.8. The van der Waals surface area contributed by atoms with Gasteiger partial charge in [0.05, 0.1) is 5.02 Å². The highest BCUT2D eigenvalue weighted by Crippen LogP contribution is 2.28. The van der Waals surface area contributed by atoms with Gasteiger partial charge >= 0.3 is 0 Å². The summed E-state index contributed by atoms with van der Waals surface area (Å²) >= 11 is 12.2. The first-order valence-corrected chi connectivity index (χ1v) is 6.50. The fraction of sp³-hybridized carbons (Fsp3) is 0.133. The summed E-state index contributed by atoms with van der Waals surface area (Å²) in [6.07, 6.45) is 0. The smallest absolute Gasteiger partial charge is 0.186 e. The standard InChI is InChI=1S/C15H11Cl2FO/c1-9-2-7-12(13(16)8-9)15(19)14(17)10-3-5-11(18)6-4-10/h2-8,14H,1H3. The fourth-order valence-corrected chi connectivity index (χ4v) is 2.33. The van der Waals surface area contributed by atoms with Gasteiger partial charge in [0.2, 0.25) is 0 Å². The lowest BCUT2D eigenvalue weighted by molar-refractivity contribution is 0.0987. The lowest BCUT2D eigenvalue weighted by Crippen LogP contribution is -2.08. The van der Waals surface area contributed by atoms with Gasteiger partial charge in [-0.3, -0.25) is 4.79 Å². The maximum absolute atomic E-state index is 12.8. The summed E-state index contributed by atoms with van der Waals surface area (Å²) in [5.41, 5.74) is 1.88. The van der Waals surface area contributed by atoms with E-state index in [0.717, 1.165) is 5.56 Å². The van der Waals surface area contributed by atoms with Crippen LogP contribution in [0.3, 0.4) is 0 Å². The minimum absolute atomic E-state index is 0.293. The summed E-state index contributed by atoms with van der Waals surface area (Å²) < 4.78 is 12.8. The highest BCUT2D eigenvalue weighted by atomic mass is 35.5. The van der Waals surface area contributed by atoms with Gasteiger partial charge in [-0.25, -0.2) is 4.39 Å². The van der Waals surface area contributed by atoms with Crippen molar-refractivity contribution in [2.24, 2.45) is 0 Å². The Morgan fingerprint density at radius 1 is 1.16 bits per heavy atom. The van der Waals surface area contributed by atoms with Crippen molar-refractivity contribution in [3.8, 4) is 0 Å². The third-order valence-electron chi connectivity index (χ3n) is 2.78. The van der Waals surface area contributed by atoms with Gasteiger partial charge in [0, 0.05) is 5.56 Å². The first-order valence-electron chi connectivity index (χ1n) is 5.69. The predicted octanol–water partition coefficient (Wildman–Crippen LogP) is 4.95. The van der Waals surface area contributed by atoms with Crippen LogP contribution in [-0.4, -0.2) is 5.78 Å². The number of rotatable bonds is 3. The second-order valence-electron chi connectivity index (χ2n) is 4.26. The SMILES string of the molecule is Cc1ccc(C(=O)C(Cl)c2ccc(F)cc2)c(Cl)c1. The van der Waals surface area contributed by atoms with Gasteiger partial charge in [0.15, 0.2) is 5.78 Å². The molecule has 0 aliphatic carbocycles. The van der Waals surface area contributed by atoms with E-state index in [9.17, 15) is 9.18 Å². The molecule has 0 N–H and O–H groups in total. The zero-order valence-electron chi connectivity index (χ0n) is 10.2. The molecule has 2 aromatic rings. The number of benzene rings is 2. The van der Waals surface area contributed by atoms with E-state index in [0.29, 0.717) is 16.1 Å². The Labute approximate surface area is 121 Å². The third kappa shape index (κ3) is 3.14. The Hall–Kier alpha value is -1.38. The molecule has 98 valence electrons. The molecule has 0 aromatic heterocycles. The molecule has 0 spiro atoms. The topological polar surface area (TPSA) is 17.1 Å². The molecule has 0 amide bonds. The molecule has 0 saturated heterocycles. The van der Waals surface area contributed by atoms with Crippen molar-refractivity contribution in [3.05, 3.63) is 70.0 Å². The first kappa shape index (κ1) is 14.0. The average molecular weight is 297 g/mol. The molecule has 0 saturated carbocycles. The summed E-state index contributed by atoms with van der Waals surface area (Å²) in [6.45, 7) is 1.89. The maximum Gasteiger partial charge on any atom is 0.186 e. The molecule has 0 heterocycles. The van der Waals surface area contributed by atoms with Crippen molar-refractivity contribution in [3.63, 3.8) is 0 Å². The van der Waals surface area contributed by atoms with Gasteiger partial charge in [-0.05, 0) is 42.3 Å². The fourth-order valence-electron chi connectivity index (χ4n) is 1.74. The highest BCUT2D eigenvalue weighted by molar-refractivity contribution is 6.38. The normalized spacial score (nSPS) is 12.2. The Morgan fingerprint density at radius 3 is 2.37 bits per heavy atom. The second kappa shape index (κ2) is 5.72. The van der Waals surface area contributed by atoms with Crippen molar-refractivity contribution >= 4 is 29.0 Å². The molecule has 1 atom stereocenters. The van der Waals surface area contributed by atoms with Gasteiger partial charge in [0.25, 0.3) is 0 Å². The minimum Gasteiger partial charge on any atom is -0.292 e. The molecule has 1 nitrogen and oxygen atoms in total. The molecular weight excluding hydrogens is 286 g/mol. The Kier molecular flexibility index (Phi) is 4.23. The van der Waals surface area contributed by atoms with Gasteiger partial charge in [-0.15, -0.1) is 11.6 Å². The monoisotopic (exact) mass is 296 g/mol. The van der Waals surface area contributed by atoms with Gasteiger partial charge in [-0.2, -0.15) is 0 Å². The number of carbonyl (C=O) groups is 1. The third-order valence-corrected chi connectivity index (χ3v) is 3.55. The molecule has 0 fully saturated rings. The minimum atomic E-state index is -0.874. The van der Waals surface area contributed by atoms with E-state index >= 15 is 0 Å². The van der Waals surface area contributed by atoms with E-state index in [2.05, 4.69) is 0 Å². The van der Waals surface area contributed by atoms with E-state index in [-0.39, 0.29) is 11.6 Å². The van der Waals surface area contributed by atoms with E-state index in [1.807, 2.05) is 6.92 Å². The zero-order valence-corrected chi connectivity index (χ0v) is 11.7. The van der Waals surface area contributed by atoms with Crippen LogP contribution < -0.4 is 0 Å². The number of hydrogen-bond acceptors (Lipinski definition) is 1. The number of alkyl halides is 1. The van der Waals surface area contributed by atoms with E-state index < -0.39 is 5.38 Å². The summed E-state index contributed by atoms with van der Waals surface area (Å²) in [4.78, 5) is 12.3. The summed E-state index contributed by atoms with van der Waals surface area (Å²) in [6, 6.07) is 10.7. The summed E-state index contributed by atoms with van der Waals surface area (Å²) in [5, 5.41) is -0.501. The van der Waals surface area contributed by atoms with Gasteiger partial charge in [-0.1, -0.05) is 29.8 Å². The largest absolute Gasteiger partial charge is 0.292 e. The Bertz CT molecular complexity index is 608. The van der Waals surface area contributed by atoms with Crippen molar-refractivity contribution in [2.75, 3.05) is 0 Å². The van der Waals surface area contributed by atoms with Gasteiger partial charge < -0.3 is 0 Å². The van der Waals surface area contributed by atoms with Crippen LogP contribution in [0.4, 0.5) is 4.39 Å². The zero-order chi connectivity index (χ0) is 14.0. The number of halogens is 3. The Morgan fingerprint density at radius 2 is 1.79 bits per heavy atom. The van der Waals surface area contributed by atoms with E-state index in [4.69, 9.17) is 23.2 Å². The van der Waals surface area contributed by atoms with Crippen LogP contribution in [0, 0.1) is 12.7 Å².